The fourth-order valence-electron chi connectivity index (χ4n) is 2.34. The SMILES string of the molecule is COc1cc2c(cc1OC)CN(C(=O)CCCl)CC2. The largest absolute Gasteiger partial charge is 0.493 e. The predicted octanol–water partition coefficient (Wildman–Crippen LogP) is 2.22. The number of hydrogen-bond acceptors (Lipinski definition) is 3. The molecule has 0 spiro atoms. The maximum absolute atomic E-state index is 11.9. The molecule has 0 N–H and O–H groups in total. The van der Waals surface area contributed by atoms with Crippen LogP contribution in [0.1, 0.15) is 17.5 Å². The van der Waals surface area contributed by atoms with E-state index in [4.69, 9.17) is 21.1 Å². The van der Waals surface area contributed by atoms with Crippen LogP contribution in [0.4, 0.5) is 0 Å². The maximum Gasteiger partial charge on any atom is 0.224 e. The Morgan fingerprint density at radius 1 is 1.26 bits per heavy atom. The van der Waals surface area contributed by atoms with Crippen LogP contribution in [0.25, 0.3) is 0 Å². The van der Waals surface area contributed by atoms with Gasteiger partial charge in [-0.15, -0.1) is 11.6 Å². The third-order valence-corrected chi connectivity index (χ3v) is 3.57. The molecule has 2 rings (SSSR count). The third-order valence-electron chi connectivity index (χ3n) is 3.38. The molecule has 4 nitrogen and oxygen atoms in total. The van der Waals surface area contributed by atoms with Crippen molar-refractivity contribution in [2.45, 2.75) is 19.4 Å². The summed E-state index contributed by atoms with van der Waals surface area (Å²) in [4.78, 5) is 13.7. The van der Waals surface area contributed by atoms with Crippen molar-refractivity contribution >= 4 is 17.5 Å². The highest BCUT2D eigenvalue weighted by Crippen LogP contribution is 2.33. The molecule has 1 aliphatic heterocycles. The molecule has 0 saturated carbocycles. The molecule has 0 atom stereocenters. The molecule has 1 amide bonds. The summed E-state index contributed by atoms with van der Waals surface area (Å²) < 4.78 is 10.6. The number of fused-ring (bicyclic) bond motifs is 1. The number of carbonyl (C=O) groups is 1. The molecule has 5 heteroatoms. The zero-order valence-corrected chi connectivity index (χ0v) is 12.0. The van der Waals surface area contributed by atoms with Crippen molar-refractivity contribution in [2.24, 2.45) is 0 Å². The standard InChI is InChI=1S/C14H18ClNO3/c1-18-12-7-10-4-6-16(14(17)3-5-15)9-11(10)8-13(12)19-2/h7-8H,3-6,9H2,1-2H3. The van der Waals surface area contributed by atoms with Crippen LogP contribution in [0.15, 0.2) is 12.1 Å². The summed E-state index contributed by atoms with van der Waals surface area (Å²) in [6.45, 7) is 1.35. The van der Waals surface area contributed by atoms with Gasteiger partial charge in [-0.1, -0.05) is 0 Å². The number of methoxy groups -OCH3 is 2. The quantitative estimate of drug-likeness (QED) is 0.796. The van der Waals surface area contributed by atoms with Crippen molar-refractivity contribution in [1.82, 2.24) is 4.90 Å². The Labute approximate surface area is 118 Å². The summed E-state index contributed by atoms with van der Waals surface area (Å²) >= 11 is 5.62. The van der Waals surface area contributed by atoms with E-state index in [9.17, 15) is 4.79 Å². The topological polar surface area (TPSA) is 38.8 Å². The summed E-state index contributed by atoms with van der Waals surface area (Å²) in [7, 11) is 3.24. The van der Waals surface area contributed by atoms with Gasteiger partial charge in [-0.05, 0) is 29.7 Å². The highest BCUT2D eigenvalue weighted by Gasteiger charge is 2.22. The fourth-order valence-corrected chi connectivity index (χ4v) is 2.50. The molecule has 104 valence electrons. The molecule has 0 aliphatic carbocycles. The van der Waals surface area contributed by atoms with Gasteiger partial charge >= 0.3 is 0 Å². The first kappa shape index (κ1) is 14.0. The summed E-state index contributed by atoms with van der Waals surface area (Å²) in [5.74, 6) is 1.92. The van der Waals surface area contributed by atoms with E-state index in [0.29, 0.717) is 24.6 Å². The summed E-state index contributed by atoms with van der Waals surface area (Å²) in [5.41, 5.74) is 2.33. The second-order valence-electron chi connectivity index (χ2n) is 4.48. The zero-order chi connectivity index (χ0) is 13.8. The number of benzene rings is 1. The Bertz CT molecular complexity index is 476. The Morgan fingerprint density at radius 2 is 1.89 bits per heavy atom. The predicted molar refractivity (Wildman–Crippen MR) is 74.0 cm³/mol. The molecule has 0 unspecified atom stereocenters. The van der Waals surface area contributed by atoms with E-state index in [1.807, 2.05) is 17.0 Å². The summed E-state index contributed by atoms with van der Waals surface area (Å²) in [6.07, 6.45) is 1.23. The van der Waals surface area contributed by atoms with Crippen LogP contribution >= 0.6 is 11.6 Å². The molecule has 0 fully saturated rings. The van der Waals surface area contributed by atoms with Gasteiger partial charge in [-0.25, -0.2) is 0 Å². The van der Waals surface area contributed by atoms with Gasteiger partial charge < -0.3 is 14.4 Å². The number of amides is 1. The number of hydrogen-bond donors (Lipinski definition) is 0. The minimum Gasteiger partial charge on any atom is -0.493 e. The molecule has 0 aromatic heterocycles. The third kappa shape index (κ3) is 2.95. The second-order valence-corrected chi connectivity index (χ2v) is 4.86. The molecule has 1 heterocycles. The van der Waals surface area contributed by atoms with Crippen LogP contribution in [-0.2, 0) is 17.8 Å². The van der Waals surface area contributed by atoms with Crippen LogP contribution in [0.3, 0.4) is 0 Å². The van der Waals surface area contributed by atoms with Crippen molar-refractivity contribution in [1.29, 1.82) is 0 Å². The molecule has 1 aliphatic rings. The number of alkyl halides is 1. The lowest BCUT2D eigenvalue weighted by atomic mass is 9.98. The van der Waals surface area contributed by atoms with Gasteiger partial charge in [-0.3, -0.25) is 4.79 Å². The smallest absolute Gasteiger partial charge is 0.224 e. The summed E-state index contributed by atoms with van der Waals surface area (Å²) in [6, 6.07) is 3.95. The highest BCUT2D eigenvalue weighted by molar-refractivity contribution is 6.18. The normalized spacial score (nSPS) is 13.9. The Balaban J connectivity index is 2.22. The van der Waals surface area contributed by atoms with Crippen LogP contribution in [-0.4, -0.2) is 37.5 Å². The Morgan fingerprint density at radius 3 is 2.47 bits per heavy atom. The van der Waals surface area contributed by atoms with E-state index in [-0.39, 0.29) is 5.91 Å². The van der Waals surface area contributed by atoms with Crippen molar-refractivity contribution in [3.05, 3.63) is 23.3 Å². The van der Waals surface area contributed by atoms with Gasteiger partial charge in [0, 0.05) is 25.4 Å². The van der Waals surface area contributed by atoms with Crippen LogP contribution in [0.5, 0.6) is 11.5 Å². The van der Waals surface area contributed by atoms with E-state index in [1.165, 1.54) is 5.56 Å². The molecule has 0 radical (unpaired) electrons. The minimum absolute atomic E-state index is 0.107. The molecular weight excluding hydrogens is 266 g/mol. The zero-order valence-electron chi connectivity index (χ0n) is 11.2. The number of rotatable bonds is 4. The number of ether oxygens (including phenoxy) is 2. The number of nitrogens with zero attached hydrogens (tertiary/aromatic N) is 1. The first-order chi connectivity index (χ1) is 9.19. The fraction of sp³-hybridized carbons (Fsp3) is 0.500. The molecule has 19 heavy (non-hydrogen) atoms. The molecule has 1 aromatic rings. The van der Waals surface area contributed by atoms with Gasteiger partial charge in [0.25, 0.3) is 0 Å². The lowest BCUT2D eigenvalue weighted by molar-refractivity contribution is -0.131. The van der Waals surface area contributed by atoms with E-state index < -0.39 is 0 Å². The van der Waals surface area contributed by atoms with E-state index >= 15 is 0 Å². The lowest BCUT2D eigenvalue weighted by Gasteiger charge is -2.29. The Hall–Kier alpha value is -1.42. The minimum atomic E-state index is 0.107. The van der Waals surface area contributed by atoms with Crippen LogP contribution in [0, 0.1) is 0 Å². The highest BCUT2D eigenvalue weighted by atomic mass is 35.5. The average Bonchev–Trinajstić information content (AvgIpc) is 2.45. The summed E-state index contributed by atoms with van der Waals surface area (Å²) in [5, 5.41) is 0. The first-order valence-corrected chi connectivity index (χ1v) is 6.80. The number of carbonyl (C=O) groups excluding carboxylic acids is 1. The van der Waals surface area contributed by atoms with Crippen molar-refractivity contribution in [3.63, 3.8) is 0 Å². The van der Waals surface area contributed by atoms with Crippen LogP contribution < -0.4 is 9.47 Å². The second kappa shape index (κ2) is 6.15. The van der Waals surface area contributed by atoms with Crippen molar-refractivity contribution in [2.75, 3.05) is 26.6 Å². The monoisotopic (exact) mass is 283 g/mol. The van der Waals surface area contributed by atoms with Crippen molar-refractivity contribution < 1.29 is 14.3 Å². The van der Waals surface area contributed by atoms with E-state index in [1.54, 1.807) is 14.2 Å². The van der Waals surface area contributed by atoms with Gasteiger partial charge in [0.1, 0.15) is 0 Å². The van der Waals surface area contributed by atoms with E-state index in [2.05, 4.69) is 0 Å². The van der Waals surface area contributed by atoms with Gasteiger partial charge in [0.2, 0.25) is 5.91 Å². The van der Waals surface area contributed by atoms with Crippen molar-refractivity contribution in [3.8, 4) is 11.5 Å². The van der Waals surface area contributed by atoms with Gasteiger partial charge in [0.05, 0.1) is 14.2 Å². The van der Waals surface area contributed by atoms with Gasteiger partial charge in [0.15, 0.2) is 11.5 Å². The molecule has 1 aromatic carbocycles. The van der Waals surface area contributed by atoms with Gasteiger partial charge in [-0.2, -0.15) is 0 Å². The maximum atomic E-state index is 11.9. The molecule has 0 saturated heterocycles. The Kier molecular flexibility index (Phi) is 4.53. The van der Waals surface area contributed by atoms with Crippen LogP contribution in [0.2, 0.25) is 0 Å². The molecular formula is C14H18ClNO3. The lowest BCUT2D eigenvalue weighted by Crippen LogP contribution is -2.36. The first-order valence-electron chi connectivity index (χ1n) is 6.27. The number of halogens is 1. The van der Waals surface area contributed by atoms with E-state index in [0.717, 1.165) is 24.3 Å². The average molecular weight is 284 g/mol. The molecule has 0 bridgehead atoms.